The fourth-order valence-electron chi connectivity index (χ4n) is 1.49. The molecule has 0 saturated heterocycles. The second kappa shape index (κ2) is 4.86. The second-order valence-corrected chi connectivity index (χ2v) is 4.03. The zero-order valence-electron chi connectivity index (χ0n) is 9.24. The molecule has 0 aliphatic carbocycles. The van der Waals surface area contributed by atoms with Gasteiger partial charge in [0.15, 0.2) is 0 Å². The number of hydrogen-bond acceptors (Lipinski definition) is 3. The minimum absolute atomic E-state index is 0.516. The number of nitrogens with one attached hydrogen (secondary N) is 1. The summed E-state index contributed by atoms with van der Waals surface area (Å²) in [6, 6.07) is 11.1. The number of halogens is 1. The monoisotopic (exact) mass is 243 g/mol. The van der Waals surface area contributed by atoms with E-state index in [-0.39, 0.29) is 0 Å². The molecule has 0 unspecified atom stereocenters. The Labute approximate surface area is 105 Å². The predicted octanol–water partition coefficient (Wildman–Crippen LogP) is 3.66. The van der Waals surface area contributed by atoms with E-state index in [0.717, 1.165) is 11.3 Å². The smallest absolute Gasteiger partial charge is 0.148 e. The predicted molar refractivity (Wildman–Crippen MR) is 68.4 cm³/mol. The molecular formula is C13H10ClN3. The number of rotatable bonds is 2. The van der Waals surface area contributed by atoms with Gasteiger partial charge in [0, 0.05) is 16.9 Å². The molecule has 0 fully saturated rings. The fraction of sp³-hybridized carbons (Fsp3) is 0.0769. The van der Waals surface area contributed by atoms with Crippen LogP contribution in [0.3, 0.4) is 0 Å². The van der Waals surface area contributed by atoms with E-state index in [4.69, 9.17) is 16.9 Å². The molecule has 0 saturated carbocycles. The van der Waals surface area contributed by atoms with E-state index in [0.29, 0.717) is 16.4 Å². The van der Waals surface area contributed by atoms with Gasteiger partial charge in [-0.2, -0.15) is 5.26 Å². The normalized spacial score (nSPS) is 9.71. The summed E-state index contributed by atoms with van der Waals surface area (Å²) in [7, 11) is 0. The molecule has 4 heteroatoms. The van der Waals surface area contributed by atoms with Gasteiger partial charge in [-0.05, 0) is 42.8 Å². The highest BCUT2D eigenvalue weighted by Crippen LogP contribution is 2.23. The van der Waals surface area contributed by atoms with Crippen molar-refractivity contribution in [1.82, 2.24) is 4.98 Å². The standard InChI is InChI=1S/C13H10ClN3/c1-9-7-11(14)4-5-12(9)17-13-10(8-15)3-2-6-16-13/h2-7H,1H3,(H,16,17). The van der Waals surface area contributed by atoms with Crippen LogP contribution in [0.2, 0.25) is 5.02 Å². The third-order valence-corrected chi connectivity index (χ3v) is 2.60. The van der Waals surface area contributed by atoms with Gasteiger partial charge < -0.3 is 5.32 Å². The summed E-state index contributed by atoms with van der Waals surface area (Å²) in [5.74, 6) is 0.556. The third-order valence-electron chi connectivity index (χ3n) is 2.37. The van der Waals surface area contributed by atoms with Crippen molar-refractivity contribution < 1.29 is 0 Å². The lowest BCUT2D eigenvalue weighted by Crippen LogP contribution is -1.98. The zero-order chi connectivity index (χ0) is 12.3. The highest BCUT2D eigenvalue weighted by molar-refractivity contribution is 6.30. The molecule has 0 amide bonds. The van der Waals surface area contributed by atoms with Crippen molar-refractivity contribution in [3.8, 4) is 6.07 Å². The molecule has 2 rings (SSSR count). The van der Waals surface area contributed by atoms with Gasteiger partial charge >= 0.3 is 0 Å². The van der Waals surface area contributed by atoms with Gasteiger partial charge in [-0.25, -0.2) is 4.98 Å². The highest BCUT2D eigenvalue weighted by atomic mass is 35.5. The van der Waals surface area contributed by atoms with E-state index in [2.05, 4.69) is 16.4 Å². The molecular weight excluding hydrogens is 234 g/mol. The molecule has 0 spiro atoms. The Hall–Kier alpha value is -2.05. The Balaban J connectivity index is 2.35. The molecule has 0 aliphatic rings. The summed E-state index contributed by atoms with van der Waals surface area (Å²) in [5.41, 5.74) is 2.42. The molecule has 3 nitrogen and oxygen atoms in total. The van der Waals surface area contributed by atoms with Crippen molar-refractivity contribution in [1.29, 1.82) is 5.26 Å². The summed E-state index contributed by atoms with van der Waals surface area (Å²) >= 11 is 5.88. The van der Waals surface area contributed by atoms with Crippen LogP contribution in [-0.2, 0) is 0 Å². The lowest BCUT2D eigenvalue weighted by molar-refractivity contribution is 1.28. The quantitative estimate of drug-likeness (QED) is 0.876. The molecule has 0 radical (unpaired) electrons. The van der Waals surface area contributed by atoms with E-state index in [9.17, 15) is 0 Å². The Morgan fingerprint density at radius 2 is 2.18 bits per heavy atom. The van der Waals surface area contributed by atoms with Crippen LogP contribution in [0.25, 0.3) is 0 Å². The van der Waals surface area contributed by atoms with Crippen LogP contribution in [0, 0.1) is 18.3 Å². The van der Waals surface area contributed by atoms with Crippen molar-refractivity contribution in [3.05, 3.63) is 52.7 Å². The van der Waals surface area contributed by atoms with Crippen LogP contribution >= 0.6 is 11.6 Å². The number of aryl methyl sites for hydroxylation is 1. The van der Waals surface area contributed by atoms with Gasteiger partial charge in [0.2, 0.25) is 0 Å². The summed E-state index contributed by atoms with van der Waals surface area (Å²) in [4.78, 5) is 4.14. The van der Waals surface area contributed by atoms with Gasteiger partial charge in [-0.15, -0.1) is 0 Å². The average molecular weight is 244 g/mol. The summed E-state index contributed by atoms with van der Waals surface area (Å²) in [6.07, 6.45) is 1.65. The van der Waals surface area contributed by atoms with E-state index < -0.39 is 0 Å². The maximum atomic E-state index is 8.96. The number of anilines is 2. The van der Waals surface area contributed by atoms with Crippen molar-refractivity contribution in [3.63, 3.8) is 0 Å². The van der Waals surface area contributed by atoms with Crippen LogP contribution in [0.15, 0.2) is 36.5 Å². The fourth-order valence-corrected chi connectivity index (χ4v) is 1.72. The SMILES string of the molecule is Cc1cc(Cl)ccc1Nc1ncccc1C#N. The Morgan fingerprint density at radius 1 is 1.35 bits per heavy atom. The first kappa shape index (κ1) is 11.4. The number of hydrogen-bond donors (Lipinski definition) is 1. The molecule has 84 valence electrons. The second-order valence-electron chi connectivity index (χ2n) is 3.60. The summed E-state index contributed by atoms with van der Waals surface area (Å²) in [5, 5.41) is 12.8. The van der Waals surface area contributed by atoms with Gasteiger partial charge in [0.1, 0.15) is 11.9 Å². The number of nitrogens with zero attached hydrogens (tertiary/aromatic N) is 2. The zero-order valence-corrected chi connectivity index (χ0v) is 9.99. The van der Waals surface area contributed by atoms with Crippen molar-refractivity contribution in [2.75, 3.05) is 5.32 Å². The largest absolute Gasteiger partial charge is 0.339 e. The number of benzene rings is 1. The minimum atomic E-state index is 0.516. The van der Waals surface area contributed by atoms with Crippen LogP contribution in [0.5, 0.6) is 0 Å². The molecule has 0 atom stereocenters. The van der Waals surface area contributed by atoms with Gasteiger partial charge in [0.05, 0.1) is 5.56 Å². The number of aromatic nitrogens is 1. The average Bonchev–Trinajstić information content (AvgIpc) is 2.33. The maximum Gasteiger partial charge on any atom is 0.148 e. The van der Waals surface area contributed by atoms with E-state index in [1.54, 1.807) is 24.4 Å². The molecule has 1 N–H and O–H groups in total. The first-order valence-corrected chi connectivity index (χ1v) is 5.47. The molecule has 0 aliphatic heterocycles. The first-order valence-electron chi connectivity index (χ1n) is 5.09. The Kier molecular flexibility index (Phi) is 3.27. The number of nitriles is 1. The van der Waals surface area contributed by atoms with Gasteiger partial charge in [-0.1, -0.05) is 11.6 Å². The minimum Gasteiger partial charge on any atom is -0.339 e. The van der Waals surface area contributed by atoms with Gasteiger partial charge in [-0.3, -0.25) is 0 Å². The molecule has 17 heavy (non-hydrogen) atoms. The lowest BCUT2D eigenvalue weighted by atomic mass is 10.2. The van der Waals surface area contributed by atoms with Crippen molar-refractivity contribution in [2.24, 2.45) is 0 Å². The number of pyridine rings is 1. The van der Waals surface area contributed by atoms with Crippen molar-refractivity contribution in [2.45, 2.75) is 6.92 Å². The topological polar surface area (TPSA) is 48.7 Å². The summed E-state index contributed by atoms with van der Waals surface area (Å²) < 4.78 is 0. The van der Waals surface area contributed by atoms with E-state index >= 15 is 0 Å². The highest BCUT2D eigenvalue weighted by Gasteiger charge is 2.04. The van der Waals surface area contributed by atoms with Gasteiger partial charge in [0.25, 0.3) is 0 Å². The maximum absolute atomic E-state index is 8.96. The molecule has 1 aromatic heterocycles. The lowest BCUT2D eigenvalue weighted by Gasteiger charge is -2.09. The van der Waals surface area contributed by atoms with Crippen LogP contribution in [0.1, 0.15) is 11.1 Å². The van der Waals surface area contributed by atoms with Crippen molar-refractivity contribution >= 4 is 23.1 Å². The van der Waals surface area contributed by atoms with E-state index in [1.165, 1.54) is 0 Å². The van der Waals surface area contributed by atoms with Crippen LogP contribution in [0.4, 0.5) is 11.5 Å². The molecule has 1 aromatic carbocycles. The van der Waals surface area contributed by atoms with Crippen LogP contribution in [-0.4, -0.2) is 4.98 Å². The summed E-state index contributed by atoms with van der Waals surface area (Å²) in [6.45, 7) is 1.95. The molecule has 0 bridgehead atoms. The first-order chi connectivity index (χ1) is 8.20. The Bertz CT molecular complexity index is 587. The Morgan fingerprint density at radius 3 is 2.88 bits per heavy atom. The van der Waals surface area contributed by atoms with Crippen LogP contribution < -0.4 is 5.32 Å². The third kappa shape index (κ3) is 2.55. The molecule has 2 aromatic rings. The van der Waals surface area contributed by atoms with E-state index in [1.807, 2.05) is 19.1 Å². The molecule has 1 heterocycles.